The van der Waals surface area contributed by atoms with Crippen LogP contribution in [0, 0.1) is 0 Å². The molecule has 1 saturated heterocycles. The van der Waals surface area contributed by atoms with Crippen molar-refractivity contribution in [3.8, 4) is 0 Å². The molecule has 0 atom stereocenters. The van der Waals surface area contributed by atoms with Crippen LogP contribution in [0.4, 0.5) is 0 Å². The van der Waals surface area contributed by atoms with E-state index < -0.39 is 0 Å². The van der Waals surface area contributed by atoms with Gasteiger partial charge in [-0.2, -0.15) is 0 Å². The van der Waals surface area contributed by atoms with Crippen LogP contribution in [0.1, 0.15) is 48.5 Å². The molecule has 1 aliphatic heterocycles. The summed E-state index contributed by atoms with van der Waals surface area (Å²) in [6.45, 7) is 5.50. The average molecular weight is 289 g/mol. The van der Waals surface area contributed by atoms with Crippen molar-refractivity contribution in [1.82, 2.24) is 4.90 Å². The van der Waals surface area contributed by atoms with Gasteiger partial charge in [-0.1, -0.05) is 24.3 Å². The monoisotopic (exact) mass is 289 g/mol. The quantitative estimate of drug-likeness (QED) is 0.545. The van der Waals surface area contributed by atoms with Gasteiger partial charge in [0, 0.05) is 24.9 Å². The second-order valence-corrected chi connectivity index (χ2v) is 5.41. The third-order valence-corrected chi connectivity index (χ3v) is 3.72. The number of esters is 1. The van der Waals surface area contributed by atoms with Crippen LogP contribution in [-0.4, -0.2) is 36.3 Å². The molecule has 0 N–H and O–H groups in total. The first-order valence-electron chi connectivity index (χ1n) is 7.69. The average Bonchev–Trinajstić information content (AvgIpc) is 2.44. The van der Waals surface area contributed by atoms with Crippen LogP contribution in [0.25, 0.3) is 0 Å². The highest BCUT2D eigenvalue weighted by Crippen LogP contribution is 2.14. The topological polar surface area (TPSA) is 46.6 Å². The summed E-state index contributed by atoms with van der Waals surface area (Å²) in [5, 5.41) is 0. The maximum absolute atomic E-state index is 12.0. The fourth-order valence-corrected chi connectivity index (χ4v) is 2.36. The van der Waals surface area contributed by atoms with E-state index in [1.807, 2.05) is 24.3 Å². The molecule has 0 amide bonds. The van der Waals surface area contributed by atoms with E-state index in [1.165, 1.54) is 25.1 Å². The van der Waals surface area contributed by atoms with Gasteiger partial charge in [-0.05, 0) is 38.4 Å². The Hall–Kier alpha value is -1.68. The molecule has 0 unspecified atom stereocenters. The lowest BCUT2D eigenvalue weighted by Gasteiger charge is -2.30. The lowest BCUT2D eigenvalue weighted by Crippen LogP contribution is -2.36. The van der Waals surface area contributed by atoms with Gasteiger partial charge in [0.15, 0.2) is 5.78 Å². The number of carbonyl (C=O) groups excluding carboxylic acids is 2. The van der Waals surface area contributed by atoms with Crippen LogP contribution in [0.5, 0.6) is 0 Å². The van der Waals surface area contributed by atoms with Crippen LogP contribution in [0.2, 0.25) is 0 Å². The number of hydrogen-bond donors (Lipinski definition) is 0. The number of benzene rings is 1. The second kappa shape index (κ2) is 7.93. The van der Waals surface area contributed by atoms with Crippen LogP contribution in [0.3, 0.4) is 0 Å². The van der Waals surface area contributed by atoms with E-state index in [9.17, 15) is 9.59 Å². The summed E-state index contributed by atoms with van der Waals surface area (Å²) in [7, 11) is 0. The van der Waals surface area contributed by atoms with E-state index in [4.69, 9.17) is 4.74 Å². The van der Waals surface area contributed by atoms with Crippen molar-refractivity contribution in [2.75, 3.05) is 19.7 Å². The van der Waals surface area contributed by atoms with Crippen molar-refractivity contribution in [1.29, 1.82) is 0 Å². The minimum Gasteiger partial charge on any atom is -0.466 e. The molecule has 0 spiro atoms. The molecular formula is C17H23NO3. The molecule has 0 aliphatic carbocycles. The number of Topliss-reactive ketones (excluding diaryl/α,β-unsaturated/α-hetero) is 1. The lowest BCUT2D eigenvalue weighted by molar-refractivity contribution is -0.143. The summed E-state index contributed by atoms with van der Waals surface area (Å²) < 4.78 is 4.84. The number of ether oxygens (including phenoxy) is 1. The van der Waals surface area contributed by atoms with Crippen molar-refractivity contribution >= 4 is 11.8 Å². The Morgan fingerprint density at radius 1 is 1.14 bits per heavy atom. The number of nitrogens with zero attached hydrogens (tertiary/aromatic N) is 1. The van der Waals surface area contributed by atoms with Gasteiger partial charge in [0.05, 0.1) is 6.61 Å². The van der Waals surface area contributed by atoms with E-state index in [2.05, 4.69) is 4.90 Å². The second-order valence-electron chi connectivity index (χ2n) is 5.41. The molecule has 0 bridgehead atoms. The van der Waals surface area contributed by atoms with E-state index in [0.717, 1.165) is 12.1 Å². The first kappa shape index (κ1) is 15.7. The van der Waals surface area contributed by atoms with Crippen LogP contribution in [0.15, 0.2) is 24.3 Å². The van der Waals surface area contributed by atoms with Crippen LogP contribution >= 0.6 is 0 Å². The lowest BCUT2D eigenvalue weighted by atomic mass is 10.0. The molecule has 1 aromatic carbocycles. The number of carbonyl (C=O) groups is 2. The van der Waals surface area contributed by atoms with Gasteiger partial charge in [-0.15, -0.1) is 0 Å². The Balaban J connectivity index is 1.75. The molecule has 4 heteroatoms. The highest BCUT2D eigenvalue weighted by atomic mass is 16.5. The number of likely N-dealkylation sites (tertiary alicyclic amines) is 1. The minimum absolute atomic E-state index is 0.0924. The van der Waals surface area contributed by atoms with Gasteiger partial charge in [0.1, 0.15) is 0 Å². The molecule has 21 heavy (non-hydrogen) atoms. The van der Waals surface area contributed by atoms with Crippen LogP contribution in [-0.2, 0) is 16.1 Å². The SMILES string of the molecule is CCOC(=O)CCCC(=O)c1ccc(CN2CCC2)cc1. The molecule has 1 heterocycles. The summed E-state index contributed by atoms with van der Waals surface area (Å²) in [6, 6.07) is 7.83. The Kier molecular flexibility index (Phi) is 5.93. The third-order valence-electron chi connectivity index (χ3n) is 3.72. The van der Waals surface area contributed by atoms with Gasteiger partial charge >= 0.3 is 5.97 Å². The van der Waals surface area contributed by atoms with Gasteiger partial charge in [-0.25, -0.2) is 0 Å². The van der Waals surface area contributed by atoms with Crippen molar-refractivity contribution in [2.45, 2.75) is 39.2 Å². The zero-order valence-electron chi connectivity index (χ0n) is 12.6. The molecule has 0 radical (unpaired) electrons. The largest absolute Gasteiger partial charge is 0.466 e. The third kappa shape index (κ3) is 4.97. The van der Waals surface area contributed by atoms with Crippen LogP contribution < -0.4 is 0 Å². The molecule has 2 rings (SSSR count). The summed E-state index contributed by atoms with van der Waals surface area (Å²) in [5.74, 6) is -0.134. The molecule has 1 aromatic rings. The fraction of sp³-hybridized carbons (Fsp3) is 0.529. The minimum atomic E-state index is -0.227. The first-order valence-corrected chi connectivity index (χ1v) is 7.69. The van der Waals surface area contributed by atoms with Crippen molar-refractivity contribution in [3.63, 3.8) is 0 Å². The molecule has 1 fully saturated rings. The maximum atomic E-state index is 12.0. The van der Waals surface area contributed by atoms with Gasteiger partial charge < -0.3 is 4.74 Å². The first-order chi connectivity index (χ1) is 10.2. The molecule has 114 valence electrons. The number of rotatable bonds is 8. The number of hydrogen-bond acceptors (Lipinski definition) is 4. The zero-order valence-corrected chi connectivity index (χ0v) is 12.6. The number of ketones is 1. The van der Waals surface area contributed by atoms with E-state index in [-0.39, 0.29) is 11.8 Å². The Morgan fingerprint density at radius 2 is 1.86 bits per heavy atom. The standard InChI is InChI=1S/C17H23NO3/c1-2-21-17(20)6-3-5-16(19)15-9-7-14(8-10-15)13-18-11-4-12-18/h7-10H,2-6,11-13H2,1H3. The molecule has 0 aromatic heterocycles. The summed E-state index contributed by atoms with van der Waals surface area (Å²) >= 11 is 0. The highest BCUT2D eigenvalue weighted by molar-refractivity contribution is 5.96. The Morgan fingerprint density at radius 3 is 2.43 bits per heavy atom. The maximum Gasteiger partial charge on any atom is 0.305 e. The van der Waals surface area contributed by atoms with Crippen molar-refractivity contribution in [2.24, 2.45) is 0 Å². The summed E-state index contributed by atoms with van der Waals surface area (Å²) in [5.41, 5.74) is 1.98. The smallest absolute Gasteiger partial charge is 0.305 e. The van der Waals surface area contributed by atoms with Gasteiger partial charge in [0.25, 0.3) is 0 Å². The van der Waals surface area contributed by atoms with Gasteiger partial charge in [-0.3, -0.25) is 14.5 Å². The zero-order chi connectivity index (χ0) is 15.1. The molecule has 0 saturated carbocycles. The van der Waals surface area contributed by atoms with E-state index >= 15 is 0 Å². The molecule has 1 aliphatic rings. The molecule has 4 nitrogen and oxygen atoms in total. The molecular weight excluding hydrogens is 266 g/mol. The van der Waals surface area contributed by atoms with Crippen molar-refractivity contribution < 1.29 is 14.3 Å². The van der Waals surface area contributed by atoms with E-state index in [0.29, 0.717) is 25.9 Å². The summed E-state index contributed by atoms with van der Waals surface area (Å²) in [6.07, 6.45) is 2.54. The Bertz CT molecular complexity index is 477. The predicted octanol–water partition coefficient (Wildman–Crippen LogP) is 2.81. The Labute approximate surface area is 126 Å². The summed E-state index contributed by atoms with van der Waals surface area (Å²) in [4.78, 5) is 25.6. The van der Waals surface area contributed by atoms with Crippen molar-refractivity contribution in [3.05, 3.63) is 35.4 Å². The van der Waals surface area contributed by atoms with Gasteiger partial charge in [0.2, 0.25) is 0 Å². The normalized spacial score (nSPS) is 14.5. The fourth-order valence-electron chi connectivity index (χ4n) is 2.36. The highest BCUT2D eigenvalue weighted by Gasteiger charge is 2.14. The van der Waals surface area contributed by atoms with E-state index in [1.54, 1.807) is 6.92 Å². The predicted molar refractivity (Wildman–Crippen MR) is 81.2 cm³/mol.